The highest BCUT2D eigenvalue weighted by atomic mass is 32.2. The zero-order valence-electron chi connectivity index (χ0n) is 18.2. The summed E-state index contributed by atoms with van der Waals surface area (Å²) in [6.07, 6.45) is 1.89. The molecule has 1 aliphatic heterocycles. The minimum atomic E-state index is -0.0293. The molecular weight excluding hydrogens is 396 g/mol. The number of benzene rings is 2. The number of carbonyl (C=O) groups is 1. The van der Waals surface area contributed by atoms with Crippen LogP contribution in [-0.2, 0) is 4.79 Å². The summed E-state index contributed by atoms with van der Waals surface area (Å²) in [5.74, 6) is 1.36. The fourth-order valence-corrected chi connectivity index (χ4v) is 4.18. The number of amidine groups is 1. The summed E-state index contributed by atoms with van der Waals surface area (Å²) >= 11 is 1.40. The van der Waals surface area contributed by atoms with Gasteiger partial charge in [0.25, 0.3) is 5.91 Å². The van der Waals surface area contributed by atoms with Crippen LogP contribution in [0.2, 0.25) is 0 Å². The number of hydrogen-bond donors (Lipinski definition) is 0. The molecule has 0 spiro atoms. The summed E-state index contributed by atoms with van der Waals surface area (Å²) in [6.45, 7) is 11.6. The highest BCUT2D eigenvalue weighted by molar-refractivity contribution is 8.18. The molecule has 6 heteroatoms. The van der Waals surface area contributed by atoms with E-state index in [1.54, 1.807) is 4.90 Å². The Morgan fingerprint density at radius 2 is 1.73 bits per heavy atom. The van der Waals surface area contributed by atoms with Gasteiger partial charge in [-0.15, -0.1) is 0 Å². The Bertz CT molecular complexity index is 998. The number of thioether (sulfide) groups is 1. The third-order valence-corrected chi connectivity index (χ3v) is 5.66. The number of aliphatic imine (C=N–C) groups is 1. The van der Waals surface area contributed by atoms with E-state index in [1.165, 1.54) is 11.8 Å². The first-order chi connectivity index (χ1) is 14.5. The first-order valence-corrected chi connectivity index (χ1v) is 11.0. The van der Waals surface area contributed by atoms with Crippen LogP contribution in [-0.4, -0.2) is 35.7 Å². The molecule has 0 bridgehead atoms. The maximum atomic E-state index is 13.0. The maximum absolute atomic E-state index is 13.0. The number of hydrogen-bond acceptors (Lipinski definition) is 5. The Morgan fingerprint density at radius 3 is 2.43 bits per heavy atom. The second-order valence-electron chi connectivity index (χ2n) is 6.92. The molecule has 0 aliphatic carbocycles. The van der Waals surface area contributed by atoms with Crippen molar-refractivity contribution < 1.29 is 14.3 Å². The van der Waals surface area contributed by atoms with E-state index >= 15 is 0 Å². The number of amides is 1. The number of likely N-dealkylation sites (N-methyl/N-ethyl adjacent to an activating group) is 1. The third kappa shape index (κ3) is 4.87. The molecule has 30 heavy (non-hydrogen) atoms. The van der Waals surface area contributed by atoms with Gasteiger partial charge in [0.15, 0.2) is 16.7 Å². The first-order valence-electron chi connectivity index (χ1n) is 10.2. The van der Waals surface area contributed by atoms with Crippen LogP contribution in [0.15, 0.2) is 46.3 Å². The largest absolute Gasteiger partial charge is 0.490 e. The molecular formula is C24H28N2O3S. The smallest absolute Gasteiger partial charge is 0.266 e. The van der Waals surface area contributed by atoms with Crippen molar-refractivity contribution in [2.75, 3.05) is 19.8 Å². The lowest BCUT2D eigenvalue weighted by atomic mass is 10.1. The number of ether oxygens (including phenoxy) is 2. The van der Waals surface area contributed by atoms with Crippen molar-refractivity contribution in [3.8, 4) is 11.5 Å². The number of nitrogens with zero attached hydrogens (tertiary/aromatic N) is 2. The highest BCUT2D eigenvalue weighted by Crippen LogP contribution is 2.36. The standard InChI is InChI=1S/C24H28N2O3S/c1-6-26-23(27)22(30-24(26)25-19-13-16(4)9-10-17(19)5)15-18-11-12-20(28-7-2)21(14-18)29-8-3/h9-15H,6-8H2,1-5H3/b22-15+,25-24?. The molecule has 1 amide bonds. The second-order valence-corrected chi connectivity index (χ2v) is 7.93. The summed E-state index contributed by atoms with van der Waals surface area (Å²) in [7, 11) is 0. The minimum absolute atomic E-state index is 0.0293. The lowest BCUT2D eigenvalue weighted by molar-refractivity contribution is -0.122. The van der Waals surface area contributed by atoms with Crippen LogP contribution in [0, 0.1) is 13.8 Å². The molecule has 3 rings (SSSR count). The normalized spacial score (nSPS) is 16.6. The lowest BCUT2D eigenvalue weighted by Gasteiger charge is -2.13. The van der Waals surface area contributed by atoms with E-state index < -0.39 is 0 Å². The van der Waals surface area contributed by atoms with E-state index in [1.807, 2.05) is 65.0 Å². The van der Waals surface area contributed by atoms with Gasteiger partial charge < -0.3 is 9.47 Å². The van der Waals surface area contributed by atoms with Gasteiger partial charge in [-0.1, -0.05) is 18.2 Å². The summed E-state index contributed by atoms with van der Waals surface area (Å²) < 4.78 is 11.3. The van der Waals surface area contributed by atoms with Gasteiger partial charge in [-0.05, 0) is 87.3 Å². The van der Waals surface area contributed by atoms with Gasteiger partial charge in [0.2, 0.25) is 0 Å². The fraction of sp³-hybridized carbons (Fsp3) is 0.333. The van der Waals surface area contributed by atoms with Gasteiger partial charge in [0.1, 0.15) is 0 Å². The van der Waals surface area contributed by atoms with Crippen molar-refractivity contribution in [1.29, 1.82) is 0 Å². The predicted molar refractivity (Wildman–Crippen MR) is 125 cm³/mol. The van der Waals surface area contributed by atoms with Crippen LogP contribution >= 0.6 is 11.8 Å². The molecule has 0 N–H and O–H groups in total. The van der Waals surface area contributed by atoms with Gasteiger partial charge in [-0.25, -0.2) is 4.99 Å². The van der Waals surface area contributed by atoms with Crippen LogP contribution in [0.4, 0.5) is 5.69 Å². The van der Waals surface area contributed by atoms with E-state index in [0.717, 1.165) is 22.4 Å². The van der Waals surface area contributed by atoms with E-state index in [2.05, 4.69) is 12.1 Å². The van der Waals surface area contributed by atoms with Crippen LogP contribution in [0.1, 0.15) is 37.5 Å². The van der Waals surface area contributed by atoms with Gasteiger partial charge in [-0.3, -0.25) is 9.69 Å². The quantitative estimate of drug-likeness (QED) is 0.533. The summed E-state index contributed by atoms with van der Waals surface area (Å²) in [5.41, 5.74) is 4.01. The van der Waals surface area contributed by atoms with E-state index in [4.69, 9.17) is 14.5 Å². The van der Waals surface area contributed by atoms with Crippen molar-refractivity contribution in [3.05, 3.63) is 58.0 Å². The average molecular weight is 425 g/mol. The molecule has 158 valence electrons. The molecule has 0 unspecified atom stereocenters. The minimum Gasteiger partial charge on any atom is -0.490 e. The molecule has 2 aromatic rings. The molecule has 0 radical (unpaired) electrons. The molecule has 1 saturated heterocycles. The third-order valence-electron chi connectivity index (χ3n) is 4.65. The van der Waals surface area contributed by atoms with E-state index in [-0.39, 0.29) is 5.91 Å². The maximum Gasteiger partial charge on any atom is 0.266 e. The van der Waals surface area contributed by atoms with Crippen LogP contribution in [0.3, 0.4) is 0 Å². The molecule has 5 nitrogen and oxygen atoms in total. The molecule has 0 saturated carbocycles. The van der Waals surface area contributed by atoms with Crippen molar-refractivity contribution in [2.24, 2.45) is 4.99 Å². The molecule has 2 aromatic carbocycles. The highest BCUT2D eigenvalue weighted by Gasteiger charge is 2.32. The van der Waals surface area contributed by atoms with Crippen LogP contribution in [0.5, 0.6) is 11.5 Å². The van der Waals surface area contributed by atoms with Crippen LogP contribution < -0.4 is 9.47 Å². The van der Waals surface area contributed by atoms with Gasteiger partial charge in [0, 0.05) is 6.54 Å². The molecule has 0 aromatic heterocycles. The van der Waals surface area contributed by atoms with Crippen molar-refractivity contribution in [2.45, 2.75) is 34.6 Å². The number of aryl methyl sites for hydroxylation is 2. The Balaban J connectivity index is 1.94. The first kappa shape index (κ1) is 22.0. The second kappa shape index (κ2) is 9.85. The fourth-order valence-electron chi connectivity index (χ4n) is 3.12. The molecule has 0 atom stereocenters. The summed E-state index contributed by atoms with van der Waals surface area (Å²) in [4.78, 5) is 20.1. The lowest BCUT2D eigenvalue weighted by Crippen LogP contribution is -2.28. The van der Waals surface area contributed by atoms with Gasteiger partial charge in [0.05, 0.1) is 23.8 Å². The van der Waals surface area contributed by atoms with Crippen molar-refractivity contribution in [3.63, 3.8) is 0 Å². The SMILES string of the molecule is CCOc1ccc(/C=C2/SC(=Nc3cc(C)ccc3C)N(CC)C2=O)cc1OCC. The van der Waals surface area contributed by atoms with Crippen LogP contribution in [0.25, 0.3) is 6.08 Å². The van der Waals surface area contributed by atoms with Gasteiger partial charge >= 0.3 is 0 Å². The van der Waals surface area contributed by atoms with E-state index in [9.17, 15) is 4.79 Å². The number of rotatable bonds is 7. The monoisotopic (exact) mass is 424 g/mol. The molecule has 1 aliphatic rings. The molecule has 1 fully saturated rings. The molecule has 1 heterocycles. The summed E-state index contributed by atoms with van der Waals surface area (Å²) in [6, 6.07) is 11.9. The Kier molecular flexibility index (Phi) is 7.21. The topological polar surface area (TPSA) is 51.1 Å². The summed E-state index contributed by atoms with van der Waals surface area (Å²) in [5, 5.41) is 0.707. The van der Waals surface area contributed by atoms with Crippen molar-refractivity contribution >= 4 is 34.6 Å². The zero-order valence-corrected chi connectivity index (χ0v) is 19.0. The van der Waals surface area contributed by atoms with Gasteiger partial charge in [-0.2, -0.15) is 0 Å². The number of carbonyl (C=O) groups excluding carboxylic acids is 1. The Hall–Kier alpha value is -2.73. The average Bonchev–Trinajstić information content (AvgIpc) is 3.01. The van der Waals surface area contributed by atoms with E-state index in [0.29, 0.717) is 41.3 Å². The predicted octanol–water partition coefficient (Wildman–Crippen LogP) is 5.72. The van der Waals surface area contributed by atoms with Crippen molar-refractivity contribution in [1.82, 2.24) is 4.90 Å². The Labute approximate surface area is 182 Å². The zero-order chi connectivity index (χ0) is 21.7. The Morgan fingerprint density at radius 1 is 1.00 bits per heavy atom.